The van der Waals surface area contributed by atoms with Crippen molar-refractivity contribution >= 4 is 40.5 Å². The van der Waals surface area contributed by atoms with Gasteiger partial charge in [0, 0.05) is 29.9 Å². The number of carbonyl (C=O) groups excluding carboxylic acids is 2. The quantitative estimate of drug-likeness (QED) is 0.579. The second-order valence-electron chi connectivity index (χ2n) is 6.09. The minimum atomic E-state index is -0.279. The van der Waals surface area contributed by atoms with Gasteiger partial charge in [0.1, 0.15) is 5.69 Å². The van der Waals surface area contributed by atoms with Crippen LogP contribution in [0.15, 0.2) is 66.9 Å². The molecule has 0 saturated carbocycles. The third-order valence-electron chi connectivity index (χ3n) is 3.86. The Morgan fingerprint density at radius 2 is 1.75 bits per heavy atom. The summed E-state index contributed by atoms with van der Waals surface area (Å²) in [5.74, 6) is -0.412. The summed E-state index contributed by atoms with van der Waals surface area (Å²) in [6, 6.07) is 18.1. The van der Waals surface area contributed by atoms with E-state index in [4.69, 9.17) is 11.6 Å². The van der Waals surface area contributed by atoms with Gasteiger partial charge in [-0.15, -0.1) is 0 Å². The maximum absolute atomic E-state index is 12.3. The van der Waals surface area contributed by atoms with Crippen LogP contribution >= 0.6 is 11.6 Å². The smallest absolute Gasteiger partial charge is 0.270 e. The van der Waals surface area contributed by atoms with Gasteiger partial charge in [-0.3, -0.25) is 9.59 Å². The predicted octanol–water partition coefficient (Wildman–Crippen LogP) is 4.37. The van der Waals surface area contributed by atoms with Crippen LogP contribution in [0.1, 0.15) is 23.0 Å². The van der Waals surface area contributed by atoms with Crippen LogP contribution in [0.5, 0.6) is 0 Å². The summed E-state index contributed by atoms with van der Waals surface area (Å²) in [5.41, 5.74) is 3.37. The zero-order valence-electron chi connectivity index (χ0n) is 15.2. The Balaban J connectivity index is 1.61. The molecule has 0 aliphatic rings. The molecule has 0 bridgehead atoms. The summed E-state index contributed by atoms with van der Waals surface area (Å²) >= 11 is 6.09. The van der Waals surface area contributed by atoms with Crippen LogP contribution in [0.3, 0.4) is 0 Å². The van der Waals surface area contributed by atoms with Gasteiger partial charge in [0.2, 0.25) is 5.91 Å². The molecule has 3 rings (SSSR count). The largest absolute Gasteiger partial charge is 0.354 e. The molecule has 0 aliphatic heterocycles. The number of rotatable bonds is 6. The zero-order chi connectivity index (χ0) is 19.9. The summed E-state index contributed by atoms with van der Waals surface area (Å²) in [4.78, 5) is 27.6. The fourth-order valence-electron chi connectivity index (χ4n) is 2.55. The predicted molar refractivity (Wildman–Crippen MR) is 111 cm³/mol. The molecule has 0 fully saturated rings. The van der Waals surface area contributed by atoms with Gasteiger partial charge in [-0.2, -0.15) is 0 Å². The molecular weight excluding hydrogens is 376 g/mol. The Morgan fingerprint density at radius 3 is 2.46 bits per heavy atom. The molecule has 0 atom stereocenters. The first-order valence-corrected chi connectivity index (χ1v) is 9.01. The number of hydrogen-bond acceptors (Lipinski definition) is 4. The number of nitrogens with zero attached hydrogens (tertiary/aromatic N) is 1. The number of amides is 2. The number of anilines is 3. The fourth-order valence-corrected chi connectivity index (χ4v) is 2.76. The van der Waals surface area contributed by atoms with E-state index in [0.29, 0.717) is 22.9 Å². The highest BCUT2D eigenvalue weighted by atomic mass is 35.5. The molecule has 1 heterocycles. The van der Waals surface area contributed by atoms with Crippen molar-refractivity contribution in [3.8, 4) is 0 Å². The molecule has 6 nitrogen and oxygen atoms in total. The maximum atomic E-state index is 12.3. The molecule has 0 radical (unpaired) electrons. The summed E-state index contributed by atoms with van der Waals surface area (Å²) in [5, 5.41) is 9.33. The molecule has 3 aromatic rings. The molecule has 142 valence electrons. The molecule has 1 aromatic heterocycles. The van der Waals surface area contributed by atoms with Crippen LogP contribution in [-0.4, -0.2) is 16.8 Å². The van der Waals surface area contributed by atoms with Crippen LogP contribution < -0.4 is 16.0 Å². The molecule has 0 spiro atoms. The Morgan fingerprint density at radius 1 is 0.964 bits per heavy atom. The van der Waals surface area contributed by atoms with Crippen LogP contribution in [0.4, 0.5) is 17.1 Å². The number of nitrogens with one attached hydrogen (secondary N) is 3. The Labute approximate surface area is 168 Å². The van der Waals surface area contributed by atoms with Crippen molar-refractivity contribution in [3.05, 3.63) is 83.1 Å². The van der Waals surface area contributed by atoms with Crippen LogP contribution in [0, 0.1) is 0 Å². The Bertz CT molecular complexity index is 990. The van der Waals surface area contributed by atoms with Gasteiger partial charge in [0.05, 0.1) is 11.9 Å². The van der Waals surface area contributed by atoms with Gasteiger partial charge in [0.15, 0.2) is 0 Å². The molecule has 28 heavy (non-hydrogen) atoms. The maximum Gasteiger partial charge on any atom is 0.270 e. The molecular formula is C21H19ClN4O2. The van der Waals surface area contributed by atoms with E-state index in [1.807, 2.05) is 36.4 Å². The number of pyridine rings is 1. The molecule has 7 heteroatoms. The highest BCUT2D eigenvalue weighted by molar-refractivity contribution is 6.31. The van der Waals surface area contributed by atoms with Crippen molar-refractivity contribution < 1.29 is 9.59 Å². The first-order chi connectivity index (χ1) is 13.5. The first-order valence-electron chi connectivity index (χ1n) is 8.63. The topological polar surface area (TPSA) is 83.1 Å². The molecule has 2 amide bonds. The number of carbonyl (C=O) groups is 2. The van der Waals surface area contributed by atoms with Gasteiger partial charge in [-0.25, -0.2) is 4.98 Å². The van der Waals surface area contributed by atoms with E-state index < -0.39 is 0 Å². The average molecular weight is 395 g/mol. The number of halogens is 1. The monoisotopic (exact) mass is 394 g/mol. The molecule has 3 N–H and O–H groups in total. The summed E-state index contributed by atoms with van der Waals surface area (Å²) in [6.45, 7) is 1.79. The summed E-state index contributed by atoms with van der Waals surface area (Å²) in [7, 11) is 0. The number of benzene rings is 2. The van der Waals surface area contributed by atoms with Crippen molar-refractivity contribution in [2.24, 2.45) is 0 Å². The van der Waals surface area contributed by atoms with E-state index in [1.54, 1.807) is 30.5 Å². The Hall–Kier alpha value is -3.38. The van der Waals surface area contributed by atoms with Gasteiger partial charge in [-0.05, 0) is 42.0 Å². The van der Waals surface area contributed by atoms with Gasteiger partial charge >= 0.3 is 0 Å². The van der Waals surface area contributed by atoms with Crippen molar-refractivity contribution in [1.29, 1.82) is 0 Å². The SMILES string of the molecule is CC(=O)Nc1cccc(Nc2ccc(C(=O)NCc3ccccc3Cl)nc2)c1. The number of hydrogen-bond donors (Lipinski definition) is 3. The van der Waals surface area contributed by atoms with Crippen LogP contribution in [-0.2, 0) is 11.3 Å². The third kappa shape index (κ3) is 5.31. The second-order valence-corrected chi connectivity index (χ2v) is 6.50. The average Bonchev–Trinajstić information content (AvgIpc) is 2.67. The van der Waals surface area contributed by atoms with E-state index in [9.17, 15) is 9.59 Å². The molecule has 2 aromatic carbocycles. The van der Waals surface area contributed by atoms with Crippen molar-refractivity contribution in [3.63, 3.8) is 0 Å². The van der Waals surface area contributed by atoms with Crippen molar-refractivity contribution in [2.45, 2.75) is 13.5 Å². The lowest BCUT2D eigenvalue weighted by Gasteiger charge is -2.10. The summed E-state index contributed by atoms with van der Waals surface area (Å²) < 4.78 is 0. The van der Waals surface area contributed by atoms with Crippen LogP contribution in [0.2, 0.25) is 5.02 Å². The third-order valence-corrected chi connectivity index (χ3v) is 4.23. The summed E-state index contributed by atoms with van der Waals surface area (Å²) in [6.07, 6.45) is 1.58. The second kappa shape index (κ2) is 9.01. The normalized spacial score (nSPS) is 10.2. The lowest BCUT2D eigenvalue weighted by Crippen LogP contribution is -2.23. The fraction of sp³-hybridized carbons (Fsp3) is 0.0952. The lowest BCUT2D eigenvalue weighted by atomic mass is 10.2. The van der Waals surface area contributed by atoms with Gasteiger partial charge < -0.3 is 16.0 Å². The van der Waals surface area contributed by atoms with Gasteiger partial charge in [0.25, 0.3) is 5.91 Å². The zero-order valence-corrected chi connectivity index (χ0v) is 16.0. The van der Waals surface area contributed by atoms with E-state index in [1.165, 1.54) is 6.92 Å². The van der Waals surface area contributed by atoms with E-state index >= 15 is 0 Å². The van der Waals surface area contributed by atoms with Crippen molar-refractivity contribution in [2.75, 3.05) is 10.6 Å². The highest BCUT2D eigenvalue weighted by Crippen LogP contribution is 2.20. The highest BCUT2D eigenvalue weighted by Gasteiger charge is 2.08. The van der Waals surface area contributed by atoms with Crippen molar-refractivity contribution in [1.82, 2.24) is 10.3 Å². The van der Waals surface area contributed by atoms with Gasteiger partial charge in [-0.1, -0.05) is 35.9 Å². The molecule has 0 saturated heterocycles. The van der Waals surface area contributed by atoms with E-state index in [-0.39, 0.29) is 11.8 Å². The molecule has 0 aliphatic carbocycles. The van der Waals surface area contributed by atoms with E-state index in [0.717, 1.165) is 16.9 Å². The minimum Gasteiger partial charge on any atom is -0.354 e. The van der Waals surface area contributed by atoms with E-state index in [2.05, 4.69) is 20.9 Å². The lowest BCUT2D eigenvalue weighted by molar-refractivity contribution is -0.114. The minimum absolute atomic E-state index is 0.133. The molecule has 0 unspecified atom stereocenters. The standard InChI is InChI=1S/C21H19ClN4O2/c1-14(27)25-16-6-4-7-17(11-16)26-18-9-10-20(23-13-18)21(28)24-12-15-5-2-3-8-19(15)22/h2-11,13,26H,12H2,1H3,(H,24,28)(H,25,27). The van der Waals surface area contributed by atoms with Crippen LogP contribution in [0.25, 0.3) is 0 Å². The first kappa shape index (κ1) is 19.4. The Kier molecular flexibility index (Phi) is 6.24. The number of aromatic nitrogens is 1.